The van der Waals surface area contributed by atoms with Crippen molar-refractivity contribution >= 4 is 33.4 Å². The zero-order valence-corrected chi connectivity index (χ0v) is 25.0. The summed E-state index contributed by atoms with van der Waals surface area (Å²) >= 11 is 6.61. The molecule has 0 N–H and O–H groups in total. The lowest BCUT2D eigenvalue weighted by Crippen LogP contribution is -2.06. The van der Waals surface area contributed by atoms with Crippen molar-refractivity contribution in [3.8, 4) is 39.6 Å². The molecule has 0 radical (unpaired) electrons. The number of benzene rings is 6. The lowest BCUT2D eigenvalue weighted by molar-refractivity contribution is 0.839. The topological polar surface area (TPSA) is 43.6 Å². The van der Waals surface area contributed by atoms with Crippen molar-refractivity contribution in [3.63, 3.8) is 0 Å². The number of nitrogens with zero attached hydrogens (tertiary/aromatic N) is 4. The first-order valence-corrected chi connectivity index (χ1v) is 15.0. The highest BCUT2D eigenvalue weighted by molar-refractivity contribution is 6.30. The first-order chi connectivity index (χ1) is 26.8. The summed E-state index contributed by atoms with van der Waals surface area (Å²) in [5, 5.41) is 0.524. The fourth-order valence-corrected chi connectivity index (χ4v) is 5.75. The molecule has 0 bridgehead atoms. The summed E-state index contributed by atoms with van der Waals surface area (Å²) in [5.41, 5.74) is 2.78. The molecule has 4 nitrogen and oxygen atoms in total. The van der Waals surface area contributed by atoms with Crippen molar-refractivity contribution in [2.24, 2.45) is 0 Å². The molecule has 0 amide bonds. The molecule has 0 fully saturated rings. The maximum absolute atomic E-state index is 9.44. The van der Waals surface area contributed by atoms with Crippen LogP contribution in [0, 0.1) is 0 Å². The fraction of sp³-hybridized carbons (Fsp3) is 0.0488. The minimum absolute atomic E-state index is 0.0419. The Morgan fingerprint density at radius 2 is 1.26 bits per heavy atom. The molecule has 0 unspecified atom stereocenters. The molecule has 0 saturated carbocycles. The average Bonchev–Trinajstić information content (AvgIpc) is 3.58. The monoisotopic (exact) mass is 622 g/mol. The number of hydrogen-bond donors (Lipinski definition) is 0. The van der Waals surface area contributed by atoms with Crippen LogP contribution in [0.1, 0.15) is 25.1 Å². The van der Waals surface area contributed by atoms with E-state index in [1.54, 1.807) is 22.8 Å². The second-order valence-electron chi connectivity index (χ2n) is 10.6. The van der Waals surface area contributed by atoms with Gasteiger partial charge in [0, 0.05) is 39.0 Å². The summed E-state index contributed by atoms with van der Waals surface area (Å²) in [4.78, 5) is 14.4. The Morgan fingerprint density at radius 1 is 0.565 bits per heavy atom. The third kappa shape index (κ3) is 5.33. The number of para-hydroxylation sites is 1. The molecule has 5 heteroatoms. The maximum atomic E-state index is 9.44. The van der Waals surface area contributed by atoms with Gasteiger partial charge in [0.05, 0.1) is 24.7 Å². The molecule has 0 atom stereocenters. The van der Waals surface area contributed by atoms with Crippen LogP contribution in [-0.4, -0.2) is 19.5 Å². The van der Waals surface area contributed by atoms with E-state index in [2.05, 4.69) is 0 Å². The zero-order chi connectivity index (χ0) is 39.6. The molecule has 0 aliphatic heterocycles. The Labute approximate surface area is 286 Å². The van der Waals surface area contributed by atoms with Crippen LogP contribution in [0.5, 0.6) is 0 Å². The smallest absolute Gasteiger partial charge is 0.163 e. The van der Waals surface area contributed by atoms with E-state index in [1.165, 1.54) is 12.1 Å². The molecule has 2 aromatic heterocycles. The molecule has 6 aromatic carbocycles. The summed E-state index contributed by atoms with van der Waals surface area (Å²) < 4.78 is 88.7. The standard InChI is InChI=1S/C41H29ClN4/c42-33-22-24-36(46-37-19-11-10-18-34(37)35-27-31(20-23-38(35)46)28-12-4-1-5-13-28)32(26-33)21-25-39-43-40(29-14-6-2-7-15-29)45-41(44-39)30-16-8-3-9-17-30/h1-20,22-24,26-27H,21,25H2/i1D,4D,5D,10D,12D,13D,18D,19D,23D,27D. The second kappa shape index (κ2) is 12.1. The van der Waals surface area contributed by atoms with Gasteiger partial charge in [-0.25, -0.2) is 15.0 Å². The number of hydrogen-bond acceptors (Lipinski definition) is 3. The molecule has 220 valence electrons. The van der Waals surface area contributed by atoms with E-state index in [0.717, 1.165) is 11.1 Å². The van der Waals surface area contributed by atoms with E-state index in [1.807, 2.05) is 60.7 Å². The highest BCUT2D eigenvalue weighted by Crippen LogP contribution is 2.36. The highest BCUT2D eigenvalue weighted by Gasteiger charge is 2.17. The third-order valence-electron chi connectivity index (χ3n) is 7.68. The van der Waals surface area contributed by atoms with Gasteiger partial charge in [-0.2, -0.15) is 0 Å². The van der Waals surface area contributed by atoms with Gasteiger partial charge in [-0.1, -0.05) is 127 Å². The Morgan fingerprint density at radius 3 is 1.98 bits per heavy atom. The van der Waals surface area contributed by atoms with Crippen LogP contribution in [0.4, 0.5) is 0 Å². The van der Waals surface area contributed by atoms with Crippen LogP contribution in [0.3, 0.4) is 0 Å². The van der Waals surface area contributed by atoms with Gasteiger partial charge in [-0.05, 0) is 59.4 Å². The van der Waals surface area contributed by atoms with Crippen LogP contribution in [0.2, 0.25) is 5.02 Å². The molecule has 46 heavy (non-hydrogen) atoms. The van der Waals surface area contributed by atoms with Gasteiger partial charge >= 0.3 is 0 Å². The van der Waals surface area contributed by atoms with E-state index in [-0.39, 0.29) is 63.1 Å². The summed E-state index contributed by atoms with van der Waals surface area (Å²) in [7, 11) is 0. The number of halogens is 1. The molecular weight excluding hydrogens is 584 g/mol. The molecule has 2 heterocycles. The number of aryl methyl sites for hydroxylation is 2. The molecule has 0 spiro atoms. The Hall–Kier alpha value is -5.58. The van der Waals surface area contributed by atoms with Gasteiger partial charge in [0.2, 0.25) is 0 Å². The van der Waals surface area contributed by atoms with Crippen LogP contribution in [0.25, 0.3) is 61.4 Å². The average molecular weight is 623 g/mol. The summed E-state index contributed by atoms with van der Waals surface area (Å²) in [6, 6.07) is 22.8. The van der Waals surface area contributed by atoms with Gasteiger partial charge in [-0.3, -0.25) is 0 Å². The minimum Gasteiger partial charge on any atom is -0.309 e. The molecular formula is C41H29ClN4. The zero-order valence-electron chi connectivity index (χ0n) is 34.2. The largest absolute Gasteiger partial charge is 0.309 e. The number of rotatable bonds is 7. The first kappa shape index (κ1) is 19.1. The molecule has 8 rings (SSSR count). The van der Waals surface area contributed by atoms with Crippen LogP contribution < -0.4 is 0 Å². The summed E-state index contributed by atoms with van der Waals surface area (Å²) in [6.07, 6.45) is 0.667. The molecule has 0 aliphatic rings. The molecule has 0 saturated heterocycles. The van der Waals surface area contributed by atoms with E-state index in [9.17, 15) is 2.74 Å². The fourth-order valence-electron chi connectivity index (χ4n) is 5.56. The van der Waals surface area contributed by atoms with E-state index in [4.69, 9.17) is 37.5 Å². The van der Waals surface area contributed by atoms with Crippen molar-refractivity contribution in [2.75, 3.05) is 0 Å². The minimum atomic E-state index is -0.592. The van der Waals surface area contributed by atoms with Crippen molar-refractivity contribution in [3.05, 3.63) is 168 Å². The SMILES string of the molecule is [2H]c1cc([2H])c2c(c1[2H])c1c([2H])c(-c3c([2H])c([2H])c([2H])c([2H])c3[2H])cc([2H])c1n2-c1ccc(Cl)cc1CCc1nc(-c2ccccc2)nc(-c2ccccc2)n1. The summed E-state index contributed by atoms with van der Waals surface area (Å²) in [6.45, 7) is 0. The van der Waals surface area contributed by atoms with Crippen LogP contribution >= 0.6 is 11.6 Å². The lowest BCUT2D eigenvalue weighted by Gasteiger charge is -2.15. The lowest BCUT2D eigenvalue weighted by atomic mass is 10.0. The van der Waals surface area contributed by atoms with E-state index < -0.39 is 30.2 Å². The van der Waals surface area contributed by atoms with Crippen molar-refractivity contribution in [2.45, 2.75) is 12.8 Å². The predicted molar refractivity (Wildman–Crippen MR) is 189 cm³/mol. The number of aromatic nitrogens is 4. The van der Waals surface area contributed by atoms with Gasteiger partial charge in [0.1, 0.15) is 5.82 Å². The van der Waals surface area contributed by atoms with E-state index in [0.29, 0.717) is 46.6 Å². The van der Waals surface area contributed by atoms with Gasteiger partial charge in [-0.15, -0.1) is 0 Å². The highest BCUT2D eigenvalue weighted by atomic mass is 35.5. The van der Waals surface area contributed by atoms with Gasteiger partial charge < -0.3 is 4.57 Å². The van der Waals surface area contributed by atoms with Crippen LogP contribution in [-0.2, 0) is 12.8 Å². The molecule has 0 aliphatic carbocycles. The summed E-state index contributed by atoms with van der Waals surface area (Å²) in [5.74, 6) is 1.53. The predicted octanol–water partition coefficient (Wildman–Crippen LogP) is 10.4. The van der Waals surface area contributed by atoms with Crippen molar-refractivity contribution < 1.29 is 13.7 Å². The second-order valence-corrected chi connectivity index (χ2v) is 11.0. The normalized spacial score (nSPS) is 14.4. The Balaban J connectivity index is 1.34. The van der Waals surface area contributed by atoms with Crippen molar-refractivity contribution in [1.29, 1.82) is 0 Å². The van der Waals surface area contributed by atoms with E-state index >= 15 is 0 Å². The Kier molecular flexibility index (Phi) is 5.00. The van der Waals surface area contributed by atoms with Crippen molar-refractivity contribution in [1.82, 2.24) is 19.5 Å². The van der Waals surface area contributed by atoms with Crippen LogP contribution in [0.15, 0.2) is 151 Å². The maximum Gasteiger partial charge on any atom is 0.163 e. The Bertz CT molecular complexity index is 2800. The van der Waals surface area contributed by atoms with Gasteiger partial charge in [0.15, 0.2) is 11.6 Å². The van der Waals surface area contributed by atoms with Gasteiger partial charge in [0.25, 0.3) is 0 Å². The first-order valence-electron chi connectivity index (χ1n) is 19.6. The molecule has 8 aromatic rings. The number of fused-ring (bicyclic) bond motifs is 3. The quantitative estimate of drug-likeness (QED) is 0.178. The third-order valence-corrected chi connectivity index (χ3v) is 7.91.